The van der Waals surface area contributed by atoms with Crippen LogP contribution in [0, 0.1) is 0 Å². The summed E-state index contributed by atoms with van der Waals surface area (Å²) in [5.41, 5.74) is 3.11. The smallest absolute Gasteiger partial charge is 0.360 e. The molecule has 0 spiro atoms. The molecule has 0 radical (unpaired) electrons. The van der Waals surface area contributed by atoms with Crippen molar-refractivity contribution in [1.82, 2.24) is 4.40 Å². The van der Waals surface area contributed by atoms with Crippen LogP contribution in [0.25, 0.3) is 5.52 Å². The average molecular weight is 263 g/mol. The summed E-state index contributed by atoms with van der Waals surface area (Å²) in [6.45, 7) is 4.44. The molecular formula is C14H18NO2P. The molecular weight excluding hydrogens is 245 g/mol. The van der Waals surface area contributed by atoms with Gasteiger partial charge >= 0.3 is 5.97 Å². The van der Waals surface area contributed by atoms with Crippen LogP contribution in [0.15, 0.2) is 24.1 Å². The predicted molar refractivity (Wildman–Crippen MR) is 74.5 cm³/mol. The molecule has 0 saturated carbocycles. The first-order valence-corrected chi connectivity index (χ1v) is 7.35. The number of aryl methyl sites for hydroxylation is 1. The van der Waals surface area contributed by atoms with Gasteiger partial charge in [-0.15, -0.1) is 0 Å². The van der Waals surface area contributed by atoms with Crippen LogP contribution in [0.1, 0.15) is 42.5 Å². The second-order valence-electron chi connectivity index (χ2n) is 4.24. The Hall–Kier alpha value is -1.34. The first-order valence-electron chi connectivity index (χ1n) is 6.39. The molecule has 0 saturated heterocycles. The van der Waals surface area contributed by atoms with Gasteiger partial charge in [-0.1, -0.05) is 13.3 Å². The number of fused-ring (bicyclic) bond motifs is 1. The van der Waals surface area contributed by atoms with Crippen molar-refractivity contribution in [3.05, 3.63) is 35.1 Å². The lowest BCUT2D eigenvalue weighted by molar-refractivity contribution is 0.0524. The Bertz CT molecular complexity index is 548. The topological polar surface area (TPSA) is 30.7 Å². The molecule has 0 fully saturated rings. The second kappa shape index (κ2) is 6.01. The summed E-state index contributed by atoms with van der Waals surface area (Å²) in [4.78, 5) is 11.8. The Morgan fingerprint density at radius 3 is 3.00 bits per heavy atom. The predicted octanol–water partition coefficient (Wildman–Crippen LogP) is 4.04. The number of carbonyl (C=O) groups excluding carboxylic acids is 1. The SMILES string of the molecule is CCCCc1ccn2c(C(=O)OCC)pcc2c1. The van der Waals surface area contributed by atoms with E-state index >= 15 is 0 Å². The van der Waals surface area contributed by atoms with Crippen LogP contribution in [-0.2, 0) is 11.2 Å². The number of hydrogen-bond donors (Lipinski definition) is 0. The summed E-state index contributed by atoms with van der Waals surface area (Å²) in [6, 6.07) is 4.25. The highest BCUT2D eigenvalue weighted by atomic mass is 31.0. The molecule has 4 heteroatoms. The van der Waals surface area contributed by atoms with E-state index in [1.807, 2.05) is 17.5 Å². The number of ether oxygens (including phenoxy) is 1. The van der Waals surface area contributed by atoms with E-state index in [1.165, 1.54) is 18.4 Å². The van der Waals surface area contributed by atoms with Crippen LogP contribution < -0.4 is 0 Å². The summed E-state index contributed by atoms with van der Waals surface area (Å²) >= 11 is 0. The Kier molecular flexibility index (Phi) is 4.38. The summed E-state index contributed by atoms with van der Waals surface area (Å²) < 4.78 is 6.98. The van der Waals surface area contributed by atoms with Crippen LogP contribution in [0.3, 0.4) is 0 Å². The fourth-order valence-electron chi connectivity index (χ4n) is 1.93. The highest BCUT2D eigenvalue weighted by Crippen LogP contribution is 2.23. The van der Waals surface area contributed by atoms with Crippen LogP contribution in [0.4, 0.5) is 0 Å². The van der Waals surface area contributed by atoms with Gasteiger partial charge in [0.05, 0.1) is 12.1 Å². The largest absolute Gasteiger partial charge is 0.461 e. The number of carbonyl (C=O) groups is 1. The molecule has 2 aromatic rings. The van der Waals surface area contributed by atoms with Crippen molar-refractivity contribution in [2.45, 2.75) is 33.1 Å². The van der Waals surface area contributed by atoms with Gasteiger partial charge in [-0.3, -0.25) is 0 Å². The van der Waals surface area contributed by atoms with Crippen molar-refractivity contribution in [2.75, 3.05) is 6.61 Å². The molecule has 2 heterocycles. The van der Waals surface area contributed by atoms with E-state index in [0.717, 1.165) is 20.1 Å². The van der Waals surface area contributed by atoms with Crippen LogP contribution >= 0.6 is 8.19 Å². The zero-order valence-corrected chi connectivity index (χ0v) is 11.7. The van der Waals surface area contributed by atoms with Crippen molar-refractivity contribution < 1.29 is 9.53 Å². The molecule has 0 unspecified atom stereocenters. The number of nitrogens with zero attached hydrogens (tertiary/aromatic N) is 1. The van der Waals surface area contributed by atoms with Crippen LogP contribution in [-0.4, -0.2) is 17.0 Å². The molecule has 0 bridgehead atoms. The lowest BCUT2D eigenvalue weighted by Crippen LogP contribution is -2.06. The second-order valence-corrected chi connectivity index (χ2v) is 5.18. The maximum absolute atomic E-state index is 11.8. The van der Waals surface area contributed by atoms with Gasteiger partial charge in [-0.05, 0) is 51.5 Å². The van der Waals surface area contributed by atoms with Gasteiger partial charge in [-0.25, -0.2) is 4.79 Å². The zero-order valence-electron chi connectivity index (χ0n) is 10.8. The fourth-order valence-corrected chi connectivity index (χ4v) is 2.86. The number of rotatable bonds is 5. The molecule has 0 aliphatic carbocycles. The van der Waals surface area contributed by atoms with Gasteiger partial charge in [0.1, 0.15) is 0 Å². The van der Waals surface area contributed by atoms with E-state index in [2.05, 4.69) is 24.9 Å². The van der Waals surface area contributed by atoms with E-state index in [1.54, 1.807) is 0 Å². The van der Waals surface area contributed by atoms with Gasteiger partial charge in [0.25, 0.3) is 0 Å². The van der Waals surface area contributed by atoms with Gasteiger partial charge < -0.3 is 9.14 Å². The van der Waals surface area contributed by atoms with E-state index in [4.69, 9.17) is 4.74 Å². The summed E-state index contributed by atoms with van der Waals surface area (Å²) in [5.74, 6) is 1.84. The first-order chi connectivity index (χ1) is 8.76. The normalized spacial score (nSPS) is 11.2. The summed E-state index contributed by atoms with van der Waals surface area (Å²) in [5, 5.41) is 0. The zero-order chi connectivity index (χ0) is 13.0. The lowest BCUT2D eigenvalue weighted by Gasteiger charge is -2.04. The molecule has 0 atom stereocenters. The molecule has 0 aliphatic heterocycles. The summed E-state index contributed by atoms with van der Waals surface area (Å²) in [6.07, 6.45) is 5.48. The Morgan fingerprint density at radius 1 is 1.44 bits per heavy atom. The van der Waals surface area contributed by atoms with Gasteiger partial charge in [0.2, 0.25) is 0 Å². The van der Waals surface area contributed by atoms with E-state index in [0.29, 0.717) is 12.0 Å². The quantitative estimate of drug-likeness (QED) is 0.762. The van der Waals surface area contributed by atoms with E-state index in [-0.39, 0.29) is 5.97 Å². The molecule has 2 rings (SSSR count). The van der Waals surface area contributed by atoms with Gasteiger partial charge in [-0.2, -0.15) is 0 Å². The third-order valence-electron chi connectivity index (χ3n) is 2.87. The highest BCUT2D eigenvalue weighted by Gasteiger charge is 2.12. The molecule has 3 nitrogen and oxygen atoms in total. The number of aromatic nitrogens is 1. The average Bonchev–Trinajstić information content (AvgIpc) is 2.79. The minimum atomic E-state index is -0.222. The number of esters is 1. The van der Waals surface area contributed by atoms with Crippen molar-refractivity contribution in [2.24, 2.45) is 0 Å². The third kappa shape index (κ3) is 2.73. The number of unbranched alkanes of at least 4 members (excludes halogenated alkanes) is 1. The summed E-state index contributed by atoms with van der Waals surface area (Å²) in [7, 11) is 0.919. The minimum Gasteiger partial charge on any atom is -0.461 e. The van der Waals surface area contributed by atoms with Gasteiger partial charge in [0, 0.05) is 6.20 Å². The van der Waals surface area contributed by atoms with E-state index in [9.17, 15) is 4.79 Å². The Balaban J connectivity index is 2.28. The third-order valence-corrected chi connectivity index (χ3v) is 3.91. The van der Waals surface area contributed by atoms with Crippen molar-refractivity contribution in [3.8, 4) is 0 Å². The number of hydrogen-bond acceptors (Lipinski definition) is 2. The monoisotopic (exact) mass is 263 g/mol. The molecule has 2 aromatic heterocycles. The minimum absolute atomic E-state index is 0.222. The maximum Gasteiger partial charge on any atom is 0.360 e. The van der Waals surface area contributed by atoms with Crippen LogP contribution in [0.5, 0.6) is 0 Å². The molecule has 18 heavy (non-hydrogen) atoms. The molecule has 0 N–H and O–H groups in total. The lowest BCUT2D eigenvalue weighted by atomic mass is 10.1. The van der Waals surface area contributed by atoms with Gasteiger partial charge in [0.15, 0.2) is 5.43 Å². The molecule has 0 aromatic carbocycles. The Morgan fingerprint density at radius 2 is 2.28 bits per heavy atom. The Labute approximate surface area is 109 Å². The van der Waals surface area contributed by atoms with Crippen molar-refractivity contribution >= 4 is 19.7 Å². The van der Waals surface area contributed by atoms with Crippen molar-refractivity contribution in [3.63, 3.8) is 0 Å². The van der Waals surface area contributed by atoms with Crippen LogP contribution in [0.2, 0.25) is 0 Å². The van der Waals surface area contributed by atoms with Crippen molar-refractivity contribution in [1.29, 1.82) is 0 Å². The standard InChI is InChI=1S/C14H18NO2P/c1-3-5-6-11-7-8-15-12(9-11)10-18-13(15)14(16)17-4-2/h7-10H,3-6H2,1-2H3. The van der Waals surface area contributed by atoms with E-state index < -0.39 is 0 Å². The molecule has 0 amide bonds. The first kappa shape index (κ1) is 13.1. The fraction of sp³-hybridized carbons (Fsp3) is 0.429. The number of pyridine rings is 1. The molecule has 96 valence electrons. The maximum atomic E-state index is 11.8. The highest BCUT2D eigenvalue weighted by molar-refractivity contribution is 7.31. The molecule has 0 aliphatic rings.